The average molecular weight is 238 g/mol. The van der Waals surface area contributed by atoms with Crippen molar-refractivity contribution in [1.29, 1.82) is 0 Å². The maximum Gasteiger partial charge on any atom is 0.236 e. The van der Waals surface area contributed by atoms with E-state index in [-0.39, 0.29) is 24.4 Å². The topological polar surface area (TPSA) is 55.6 Å². The van der Waals surface area contributed by atoms with Crippen LogP contribution in [-0.4, -0.2) is 37.0 Å². The third kappa shape index (κ3) is 2.81. The summed E-state index contributed by atoms with van der Waals surface area (Å²) in [4.78, 5) is 13.1. The highest BCUT2D eigenvalue weighted by Crippen LogP contribution is 2.22. The highest BCUT2D eigenvalue weighted by Gasteiger charge is 2.24. The van der Waals surface area contributed by atoms with Crippen LogP contribution < -0.4 is 5.73 Å². The van der Waals surface area contributed by atoms with Crippen LogP contribution in [0.2, 0.25) is 0 Å². The Hall–Kier alpha value is -1.46. The van der Waals surface area contributed by atoms with E-state index in [0.29, 0.717) is 19.7 Å². The minimum absolute atomic E-state index is 0.00410. The molecule has 1 aliphatic rings. The molecule has 0 bridgehead atoms. The molecule has 1 aromatic rings. The van der Waals surface area contributed by atoms with Crippen LogP contribution in [0.1, 0.15) is 11.7 Å². The number of rotatable bonds is 2. The standard InChI is InChI=1S/C12H15FN2O2/c13-10-3-1-2-9(6-10)11-8-15(4-5-17-11)12(16)7-14/h1-3,6,11H,4-5,7-8,14H2. The third-order valence-electron chi connectivity index (χ3n) is 2.81. The first-order valence-electron chi connectivity index (χ1n) is 5.55. The summed E-state index contributed by atoms with van der Waals surface area (Å²) in [7, 11) is 0. The quantitative estimate of drug-likeness (QED) is 0.824. The van der Waals surface area contributed by atoms with Crippen LogP contribution in [0.25, 0.3) is 0 Å². The van der Waals surface area contributed by atoms with Crippen LogP contribution >= 0.6 is 0 Å². The van der Waals surface area contributed by atoms with Crippen molar-refractivity contribution in [3.05, 3.63) is 35.6 Å². The summed E-state index contributed by atoms with van der Waals surface area (Å²) >= 11 is 0. The van der Waals surface area contributed by atoms with Gasteiger partial charge in [0.1, 0.15) is 11.9 Å². The molecule has 1 atom stereocenters. The summed E-state index contributed by atoms with van der Waals surface area (Å²) in [5, 5.41) is 0. The van der Waals surface area contributed by atoms with Gasteiger partial charge in [-0.05, 0) is 17.7 Å². The van der Waals surface area contributed by atoms with Crippen LogP contribution in [0, 0.1) is 5.82 Å². The third-order valence-corrected chi connectivity index (χ3v) is 2.81. The predicted octanol–water partition coefficient (Wildman–Crippen LogP) is 0.684. The second-order valence-corrected chi connectivity index (χ2v) is 3.96. The van der Waals surface area contributed by atoms with E-state index in [0.717, 1.165) is 5.56 Å². The van der Waals surface area contributed by atoms with E-state index < -0.39 is 0 Å². The Morgan fingerprint density at radius 3 is 3.12 bits per heavy atom. The van der Waals surface area contributed by atoms with Gasteiger partial charge in [-0.2, -0.15) is 0 Å². The van der Waals surface area contributed by atoms with Gasteiger partial charge in [-0.1, -0.05) is 12.1 Å². The average Bonchev–Trinajstić information content (AvgIpc) is 2.38. The van der Waals surface area contributed by atoms with E-state index in [1.807, 2.05) is 0 Å². The monoisotopic (exact) mass is 238 g/mol. The lowest BCUT2D eigenvalue weighted by Crippen LogP contribution is -2.44. The predicted molar refractivity (Wildman–Crippen MR) is 60.7 cm³/mol. The van der Waals surface area contributed by atoms with Crippen molar-refractivity contribution < 1.29 is 13.9 Å². The van der Waals surface area contributed by atoms with Gasteiger partial charge in [-0.25, -0.2) is 4.39 Å². The smallest absolute Gasteiger partial charge is 0.236 e. The van der Waals surface area contributed by atoms with Gasteiger partial charge in [-0.3, -0.25) is 4.79 Å². The SMILES string of the molecule is NCC(=O)N1CCOC(c2cccc(F)c2)C1. The number of nitrogens with two attached hydrogens (primary N) is 1. The van der Waals surface area contributed by atoms with Gasteiger partial charge in [-0.15, -0.1) is 0 Å². The summed E-state index contributed by atoms with van der Waals surface area (Å²) in [6, 6.07) is 6.25. The Morgan fingerprint density at radius 1 is 1.59 bits per heavy atom. The number of carbonyl (C=O) groups is 1. The van der Waals surface area contributed by atoms with Crippen molar-refractivity contribution >= 4 is 5.91 Å². The zero-order valence-corrected chi connectivity index (χ0v) is 9.43. The van der Waals surface area contributed by atoms with E-state index in [1.165, 1.54) is 12.1 Å². The van der Waals surface area contributed by atoms with Gasteiger partial charge in [0.25, 0.3) is 0 Å². The second kappa shape index (κ2) is 5.25. The highest BCUT2D eigenvalue weighted by molar-refractivity contribution is 5.78. The summed E-state index contributed by atoms with van der Waals surface area (Å²) in [6.45, 7) is 1.42. The molecule has 4 nitrogen and oxygen atoms in total. The van der Waals surface area contributed by atoms with Gasteiger partial charge >= 0.3 is 0 Å². The summed E-state index contributed by atoms with van der Waals surface area (Å²) in [6.07, 6.45) is -0.269. The Bertz CT molecular complexity index is 411. The van der Waals surface area contributed by atoms with Crippen LogP contribution in [-0.2, 0) is 9.53 Å². The van der Waals surface area contributed by atoms with Gasteiger partial charge in [0.2, 0.25) is 5.91 Å². The normalized spacial score (nSPS) is 20.4. The Kier molecular flexibility index (Phi) is 3.71. The molecule has 5 heteroatoms. The van der Waals surface area contributed by atoms with E-state index >= 15 is 0 Å². The first-order chi connectivity index (χ1) is 8.20. The maximum absolute atomic E-state index is 13.1. The summed E-state index contributed by atoms with van der Waals surface area (Å²) in [5.41, 5.74) is 6.07. The van der Waals surface area contributed by atoms with Crippen LogP contribution in [0.5, 0.6) is 0 Å². The summed E-state index contributed by atoms with van der Waals surface area (Å²) < 4.78 is 18.6. The van der Waals surface area contributed by atoms with Crippen LogP contribution in [0.15, 0.2) is 24.3 Å². The molecule has 92 valence electrons. The lowest BCUT2D eigenvalue weighted by molar-refractivity contribution is -0.137. The van der Waals surface area contributed by atoms with E-state index in [1.54, 1.807) is 17.0 Å². The molecule has 0 saturated carbocycles. The number of ether oxygens (including phenoxy) is 1. The molecular weight excluding hydrogens is 223 g/mol. The number of carbonyl (C=O) groups excluding carboxylic acids is 1. The zero-order chi connectivity index (χ0) is 12.3. The molecule has 0 spiro atoms. The highest BCUT2D eigenvalue weighted by atomic mass is 19.1. The zero-order valence-electron chi connectivity index (χ0n) is 9.43. The number of hydrogen-bond acceptors (Lipinski definition) is 3. The Labute approximate surface area is 99.2 Å². The number of hydrogen-bond donors (Lipinski definition) is 1. The first-order valence-corrected chi connectivity index (χ1v) is 5.55. The van der Waals surface area contributed by atoms with Gasteiger partial charge in [0, 0.05) is 6.54 Å². The van der Waals surface area contributed by atoms with E-state index in [2.05, 4.69) is 0 Å². The lowest BCUT2D eigenvalue weighted by atomic mass is 10.1. The minimum atomic E-state index is -0.298. The molecule has 0 aromatic heterocycles. The number of benzene rings is 1. The lowest BCUT2D eigenvalue weighted by Gasteiger charge is -2.33. The fourth-order valence-electron chi connectivity index (χ4n) is 1.91. The number of morpholine rings is 1. The van der Waals surface area contributed by atoms with Crippen molar-refractivity contribution in [2.75, 3.05) is 26.2 Å². The van der Waals surface area contributed by atoms with Gasteiger partial charge in [0.15, 0.2) is 0 Å². The molecule has 17 heavy (non-hydrogen) atoms. The van der Waals surface area contributed by atoms with E-state index in [9.17, 15) is 9.18 Å². The number of halogens is 1. The molecule has 1 heterocycles. The van der Waals surface area contributed by atoms with Crippen molar-refractivity contribution in [2.45, 2.75) is 6.10 Å². The van der Waals surface area contributed by atoms with Crippen molar-refractivity contribution in [1.82, 2.24) is 4.90 Å². The number of amides is 1. The fraction of sp³-hybridized carbons (Fsp3) is 0.417. The van der Waals surface area contributed by atoms with E-state index in [4.69, 9.17) is 10.5 Å². The van der Waals surface area contributed by atoms with Gasteiger partial charge in [0.05, 0.1) is 19.7 Å². The van der Waals surface area contributed by atoms with Crippen molar-refractivity contribution in [3.63, 3.8) is 0 Å². The molecule has 0 aliphatic carbocycles. The largest absolute Gasteiger partial charge is 0.370 e. The summed E-state index contributed by atoms with van der Waals surface area (Å²) in [5.74, 6) is -0.400. The maximum atomic E-state index is 13.1. The van der Waals surface area contributed by atoms with Gasteiger partial charge < -0.3 is 15.4 Å². The molecule has 1 amide bonds. The molecule has 1 aromatic carbocycles. The molecule has 1 fully saturated rings. The second-order valence-electron chi connectivity index (χ2n) is 3.96. The minimum Gasteiger partial charge on any atom is -0.370 e. The number of nitrogens with zero attached hydrogens (tertiary/aromatic N) is 1. The molecule has 1 saturated heterocycles. The molecule has 1 aliphatic heterocycles. The first kappa shape index (κ1) is 12.0. The van der Waals surface area contributed by atoms with Crippen LogP contribution in [0.3, 0.4) is 0 Å². The molecule has 0 radical (unpaired) electrons. The van der Waals surface area contributed by atoms with Crippen LogP contribution in [0.4, 0.5) is 4.39 Å². The fourth-order valence-corrected chi connectivity index (χ4v) is 1.91. The Balaban J connectivity index is 2.09. The molecule has 2 rings (SSSR count). The van der Waals surface area contributed by atoms with Crippen molar-refractivity contribution in [2.24, 2.45) is 5.73 Å². The molecular formula is C12H15FN2O2. The molecule has 2 N–H and O–H groups in total. The molecule has 1 unspecified atom stereocenters. The Morgan fingerprint density at radius 2 is 2.41 bits per heavy atom. The van der Waals surface area contributed by atoms with Crippen molar-refractivity contribution in [3.8, 4) is 0 Å².